The summed E-state index contributed by atoms with van der Waals surface area (Å²) in [6.45, 7) is 6.32. The first kappa shape index (κ1) is 18.6. The van der Waals surface area contributed by atoms with E-state index < -0.39 is 9.84 Å². The summed E-state index contributed by atoms with van der Waals surface area (Å²) in [6, 6.07) is 5.71. The van der Waals surface area contributed by atoms with E-state index in [0.29, 0.717) is 12.1 Å². The number of amides is 1. The van der Waals surface area contributed by atoms with Crippen molar-refractivity contribution < 1.29 is 18.0 Å². The van der Waals surface area contributed by atoms with Gasteiger partial charge in [0.1, 0.15) is 0 Å². The topological polar surface area (TPSA) is 71.5 Å². The van der Waals surface area contributed by atoms with Gasteiger partial charge < -0.3 is 4.90 Å². The van der Waals surface area contributed by atoms with Gasteiger partial charge in [0.05, 0.1) is 11.5 Å². The van der Waals surface area contributed by atoms with E-state index in [-0.39, 0.29) is 48.5 Å². The van der Waals surface area contributed by atoms with Crippen LogP contribution < -0.4 is 0 Å². The molecule has 1 saturated heterocycles. The molecule has 24 heavy (non-hydrogen) atoms. The Hall–Kier alpha value is -1.69. The largest absolute Gasteiger partial charge is 0.341 e. The molecule has 6 heteroatoms. The van der Waals surface area contributed by atoms with E-state index in [1.807, 2.05) is 39.0 Å². The van der Waals surface area contributed by atoms with Crippen LogP contribution in [0.15, 0.2) is 18.2 Å². The number of carbonyl (C=O) groups excluding carboxylic acids is 2. The lowest BCUT2D eigenvalue weighted by Crippen LogP contribution is -2.35. The second-order valence-electron chi connectivity index (χ2n) is 6.80. The molecule has 1 amide bonds. The summed E-state index contributed by atoms with van der Waals surface area (Å²) in [6.07, 6.45) is 0.278. The van der Waals surface area contributed by atoms with Crippen LogP contribution in [0.5, 0.6) is 0 Å². The minimum absolute atomic E-state index is 0.00795. The fourth-order valence-electron chi connectivity index (χ4n) is 3.06. The Labute approximate surface area is 144 Å². The Kier molecular flexibility index (Phi) is 5.80. The van der Waals surface area contributed by atoms with Crippen LogP contribution in [0.2, 0.25) is 0 Å². The first-order valence-corrected chi connectivity index (χ1v) is 10.1. The van der Waals surface area contributed by atoms with Gasteiger partial charge in [-0.25, -0.2) is 8.42 Å². The lowest BCUT2D eigenvalue weighted by atomic mass is 9.99. The van der Waals surface area contributed by atoms with Crippen molar-refractivity contribution >= 4 is 21.5 Å². The number of hydrogen-bond acceptors (Lipinski definition) is 4. The van der Waals surface area contributed by atoms with E-state index in [2.05, 4.69) is 0 Å². The van der Waals surface area contributed by atoms with Gasteiger partial charge in [0.25, 0.3) is 0 Å². The molecule has 0 N–H and O–H groups in total. The molecule has 1 aromatic carbocycles. The maximum atomic E-state index is 12.4. The van der Waals surface area contributed by atoms with Crippen molar-refractivity contribution in [2.75, 3.05) is 24.6 Å². The summed E-state index contributed by atoms with van der Waals surface area (Å²) in [5.74, 6) is -0.125. The number of benzene rings is 1. The Balaban J connectivity index is 1.97. The molecule has 1 atom stereocenters. The minimum atomic E-state index is -3.08. The molecule has 0 aromatic heterocycles. The first-order chi connectivity index (χ1) is 11.2. The van der Waals surface area contributed by atoms with Gasteiger partial charge in [0, 0.05) is 31.5 Å². The summed E-state index contributed by atoms with van der Waals surface area (Å²) in [7, 11) is -3.08. The van der Waals surface area contributed by atoms with Gasteiger partial charge in [-0.15, -0.1) is 0 Å². The summed E-state index contributed by atoms with van der Waals surface area (Å²) in [4.78, 5) is 26.3. The highest BCUT2D eigenvalue weighted by Crippen LogP contribution is 2.16. The number of carbonyl (C=O) groups is 2. The zero-order valence-corrected chi connectivity index (χ0v) is 15.4. The van der Waals surface area contributed by atoms with Crippen LogP contribution in [0, 0.1) is 19.8 Å². The van der Waals surface area contributed by atoms with Crippen molar-refractivity contribution in [2.45, 2.75) is 33.6 Å². The average molecular weight is 351 g/mol. The molecule has 1 aliphatic rings. The van der Waals surface area contributed by atoms with Crippen molar-refractivity contribution in [1.29, 1.82) is 0 Å². The SMILES string of the molecule is Cc1ccc(C)c(C(=O)CCC(=O)N2CCS(=O)(=O)C[C@@H](C)C2)c1. The van der Waals surface area contributed by atoms with Gasteiger partial charge in [-0.05, 0) is 31.4 Å². The van der Waals surface area contributed by atoms with Crippen molar-refractivity contribution in [3.05, 3.63) is 34.9 Å². The van der Waals surface area contributed by atoms with Crippen LogP contribution in [0.4, 0.5) is 0 Å². The average Bonchev–Trinajstić information content (AvgIpc) is 2.64. The molecule has 0 bridgehead atoms. The van der Waals surface area contributed by atoms with Crippen LogP contribution >= 0.6 is 0 Å². The maximum Gasteiger partial charge on any atom is 0.223 e. The fourth-order valence-corrected chi connectivity index (χ4v) is 4.70. The number of rotatable bonds is 4. The summed E-state index contributed by atoms with van der Waals surface area (Å²) in [5.41, 5.74) is 2.59. The third kappa shape index (κ3) is 4.90. The molecule has 2 rings (SSSR count). The van der Waals surface area contributed by atoms with E-state index in [9.17, 15) is 18.0 Å². The number of Topliss-reactive ketones (excluding diaryl/α,β-unsaturated/α-hetero) is 1. The van der Waals surface area contributed by atoms with E-state index >= 15 is 0 Å². The molecule has 132 valence electrons. The van der Waals surface area contributed by atoms with E-state index in [1.165, 1.54) is 0 Å². The number of hydrogen-bond donors (Lipinski definition) is 0. The standard InChI is InChI=1S/C18H25NO4S/c1-13-4-5-15(3)16(10-13)17(20)6-7-18(21)19-8-9-24(22,23)12-14(2)11-19/h4-5,10,14H,6-9,11-12H2,1-3H3/t14-/m0/s1. The zero-order chi connectivity index (χ0) is 17.9. The Morgan fingerprint density at radius 1 is 1.21 bits per heavy atom. The molecule has 0 radical (unpaired) electrons. The summed E-state index contributed by atoms with van der Waals surface area (Å²) in [5, 5.41) is 0. The van der Waals surface area contributed by atoms with Crippen LogP contribution in [0.1, 0.15) is 41.3 Å². The smallest absolute Gasteiger partial charge is 0.223 e. The van der Waals surface area contributed by atoms with Gasteiger partial charge in [0.2, 0.25) is 5.91 Å². The monoisotopic (exact) mass is 351 g/mol. The van der Waals surface area contributed by atoms with Crippen LogP contribution in [0.3, 0.4) is 0 Å². The Morgan fingerprint density at radius 2 is 1.92 bits per heavy atom. The summed E-state index contributed by atoms with van der Waals surface area (Å²) < 4.78 is 23.6. The Morgan fingerprint density at radius 3 is 2.62 bits per heavy atom. The third-order valence-corrected chi connectivity index (χ3v) is 6.24. The van der Waals surface area contributed by atoms with Crippen molar-refractivity contribution in [3.63, 3.8) is 0 Å². The normalized spacial score (nSPS) is 20.5. The van der Waals surface area contributed by atoms with E-state index in [1.54, 1.807) is 4.90 Å². The fraction of sp³-hybridized carbons (Fsp3) is 0.556. The summed E-state index contributed by atoms with van der Waals surface area (Å²) >= 11 is 0. The number of nitrogens with zero attached hydrogens (tertiary/aromatic N) is 1. The minimum Gasteiger partial charge on any atom is -0.341 e. The molecule has 0 spiro atoms. The molecule has 1 fully saturated rings. The van der Waals surface area contributed by atoms with Crippen molar-refractivity contribution in [2.24, 2.45) is 5.92 Å². The van der Waals surface area contributed by atoms with Crippen LogP contribution in [-0.2, 0) is 14.6 Å². The molecular formula is C18H25NO4S. The van der Waals surface area contributed by atoms with E-state index in [4.69, 9.17) is 0 Å². The number of sulfone groups is 1. The van der Waals surface area contributed by atoms with E-state index in [0.717, 1.165) is 11.1 Å². The molecule has 0 aliphatic carbocycles. The quantitative estimate of drug-likeness (QED) is 0.779. The third-order valence-electron chi connectivity index (χ3n) is 4.35. The van der Waals surface area contributed by atoms with Crippen LogP contribution in [0.25, 0.3) is 0 Å². The highest BCUT2D eigenvalue weighted by atomic mass is 32.2. The first-order valence-electron chi connectivity index (χ1n) is 8.26. The molecular weight excluding hydrogens is 326 g/mol. The molecule has 1 aromatic rings. The maximum absolute atomic E-state index is 12.4. The molecule has 0 saturated carbocycles. The second kappa shape index (κ2) is 7.47. The van der Waals surface area contributed by atoms with Gasteiger partial charge in [-0.2, -0.15) is 0 Å². The lowest BCUT2D eigenvalue weighted by molar-refractivity contribution is -0.131. The number of aryl methyl sites for hydroxylation is 2. The second-order valence-corrected chi connectivity index (χ2v) is 9.03. The van der Waals surface area contributed by atoms with Crippen molar-refractivity contribution in [3.8, 4) is 0 Å². The lowest BCUT2D eigenvalue weighted by Gasteiger charge is -2.22. The predicted molar refractivity (Wildman–Crippen MR) is 93.9 cm³/mol. The van der Waals surface area contributed by atoms with Crippen molar-refractivity contribution in [1.82, 2.24) is 4.90 Å². The van der Waals surface area contributed by atoms with Gasteiger partial charge >= 0.3 is 0 Å². The van der Waals surface area contributed by atoms with Gasteiger partial charge in [-0.1, -0.05) is 24.6 Å². The van der Waals surface area contributed by atoms with Gasteiger partial charge in [0.15, 0.2) is 15.6 Å². The van der Waals surface area contributed by atoms with Crippen LogP contribution in [-0.4, -0.2) is 49.6 Å². The Bertz CT molecular complexity index is 739. The molecule has 0 unspecified atom stereocenters. The zero-order valence-electron chi connectivity index (χ0n) is 14.5. The molecule has 1 heterocycles. The molecule has 5 nitrogen and oxygen atoms in total. The highest BCUT2D eigenvalue weighted by molar-refractivity contribution is 7.91. The highest BCUT2D eigenvalue weighted by Gasteiger charge is 2.27. The molecule has 1 aliphatic heterocycles. The number of ketones is 1. The predicted octanol–water partition coefficient (Wildman–Crippen LogP) is 2.16. The van der Waals surface area contributed by atoms with Gasteiger partial charge in [-0.3, -0.25) is 9.59 Å².